The van der Waals surface area contributed by atoms with E-state index in [0.717, 1.165) is 12.8 Å². The summed E-state index contributed by atoms with van der Waals surface area (Å²) in [7, 11) is -3.54. The lowest BCUT2D eigenvalue weighted by molar-refractivity contribution is 0.127. The van der Waals surface area contributed by atoms with Gasteiger partial charge < -0.3 is 10.5 Å². The second-order valence-electron chi connectivity index (χ2n) is 4.72. The molecule has 3 N–H and O–H groups in total. The highest BCUT2D eigenvalue weighted by Crippen LogP contribution is 2.18. The molecule has 2 rings (SSSR count). The van der Waals surface area contributed by atoms with E-state index in [1.54, 1.807) is 0 Å². The summed E-state index contributed by atoms with van der Waals surface area (Å²) in [6.45, 7) is 0.698. The van der Waals surface area contributed by atoms with E-state index in [-0.39, 0.29) is 29.7 Å². The molecule has 0 aromatic heterocycles. The molecular formula is C14H17FN2O3S. The molecule has 0 saturated carbocycles. The zero-order chi connectivity index (χ0) is 15.3. The van der Waals surface area contributed by atoms with Crippen LogP contribution in [0, 0.1) is 17.7 Å². The number of halogens is 1. The van der Waals surface area contributed by atoms with Crippen molar-refractivity contribution in [1.82, 2.24) is 0 Å². The number of nitrogens with two attached hydrogens (primary N) is 1. The predicted molar refractivity (Wildman–Crippen MR) is 78.7 cm³/mol. The van der Waals surface area contributed by atoms with Gasteiger partial charge in [-0.05, 0) is 31.0 Å². The Morgan fingerprint density at radius 3 is 2.95 bits per heavy atom. The van der Waals surface area contributed by atoms with Gasteiger partial charge in [0, 0.05) is 12.3 Å². The van der Waals surface area contributed by atoms with E-state index in [1.165, 1.54) is 18.2 Å². The summed E-state index contributed by atoms with van der Waals surface area (Å²) in [5.41, 5.74) is 5.62. The highest BCUT2D eigenvalue weighted by atomic mass is 32.2. The summed E-state index contributed by atoms with van der Waals surface area (Å²) in [4.78, 5) is 0. The summed E-state index contributed by atoms with van der Waals surface area (Å²) in [5, 5.41) is 0. The largest absolute Gasteiger partial charge is 0.377 e. The molecule has 5 nitrogen and oxygen atoms in total. The van der Waals surface area contributed by atoms with Crippen LogP contribution in [0.4, 0.5) is 10.1 Å². The maximum Gasteiger partial charge on any atom is 0.235 e. The number of benzene rings is 1. The molecule has 1 aromatic rings. The third-order valence-corrected chi connectivity index (χ3v) is 4.35. The second-order valence-corrected chi connectivity index (χ2v) is 6.49. The Balaban J connectivity index is 2.11. The smallest absolute Gasteiger partial charge is 0.235 e. The van der Waals surface area contributed by atoms with Gasteiger partial charge >= 0.3 is 0 Å². The molecule has 0 radical (unpaired) electrons. The summed E-state index contributed by atoms with van der Waals surface area (Å²) in [5.74, 6) is 4.48. The Bertz CT molecular complexity index is 659. The monoisotopic (exact) mass is 312 g/mol. The van der Waals surface area contributed by atoms with Crippen LogP contribution >= 0.6 is 0 Å². The Hall–Kier alpha value is -1.62. The van der Waals surface area contributed by atoms with Crippen molar-refractivity contribution >= 4 is 15.7 Å². The van der Waals surface area contributed by atoms with Crippen LogP contribution in [0.25, 0.3) is 0 Å². The van der Waals surface area contributed by atoms with Gasteiger partial charge in [0.05, 0.1) is 24.0 Å². The molecule has 1 fully saturated rings. The van der Waals surface area contributed by atoms with Gasteiger partial charge in [0.1, 0.15) is 5.82 Å². The van der Waals surface area contributed by atoms with Crippen LogP contribution in [-0.4, -0.2) is 33.4 Å². The van der Waals surface area contributed by atoms with E-state index in [9.17, 15) is 12.8 Å². The average molecular weight is 312 g/mol. The van der Waals surface area contributed by atoms with Crippen molar-refractivity contribution in [3.05, 3.63) is 29.6 Å². The minimum absolute atomic E-state index is 0.103. The van der Waals surface area contributed by atoms with Crippen LogP contribution in [-0.2, 0) is 14.8 Å². The first-order chi connectivity index (χ1) is 10.00. The van der Waals surface area contributed by atoms with Crippen molar-refractivity contribution in [2.24, 2.45) is 5.73 Å². The van der Waals surface area contributed by atoms with Gasteiger partial charge in [-0.3, -0.25) is 4.72 Å². The van der Waals surface area contributed by atoms with E-state index in [2.05, 4.69) is 16.6 Å². The maximum absolute atomic E-state index is 13.5. The normalized spacial score (nSPS) is 18.1. The van der Waals surface area contributed by atoms with E-state index >= 15 is 0 Å². The van der Waals surface area contributed by atoms with Gasteiger partial charge in [-0.2, -0.15) is 0 Å². The van der Waals surface area contributed by atoms with E-state index in [0.29, 0.717) is 6.61 Å². The van der Waals surface area contributed by atoms with Crippen LogP contribution < -0.4 is 10.5 Å². The van der Waals surface area contributed by atoms with Gasteiger partial charge in [-0.25, -0.2) is 12.8 Å². The second kappa shape index (κ2) is 6.89. The van der Waals surface area contributed by atoms with E-state index in [1.807, 2.05) is 0 Å². The molecule has 1 atom stereocenters. The molecule has 1 unspecified atom stereocenters. The first-order valence-corrected chi connectivity index (χ1v) is 8.26. The van der Waals surface area contributed by atoms with E-state index in [4.69, 9.17) is 10.5 Å². The summed E-state index contributed by atoms with van der Waals surface area (Å²) in [6.07, 6.45) is 1.33. The third-order valence-electron chi connectivity index (χ3n) is 2.99. The Labute approximate surface area is 123 Å². The van der Waals surface area contributed by atoms with Gasteiger partial charge in [0.2, 0.25) is 10.0 Å². The fourth-order valence-electron chi connectivity index (χ4n) is 2.07. The third kappa shape index (κ3) is 4.70. The van der Waals surface area contributed by atoms with Crippen molar-refractivity contribution < 1.29 is 17.5 Å². The minimum atomic E-state index is -3.54. The van der Waals surface area contributed by atoms with Crippen LogP contribution in [0.1, 0.15) is 18.4 Å². The molecule has 0 spiro atoms. The van der Waals surface area contributed by atoms with Crippen molar-refractivity contribution in [3.63, 3.8) is 0 Å². The molecule has 1 aromatic carbocycles. The topological polar surface area (TPSA) is 81.4 Å². The van der Waals surface area contributed by atoms with Crippen molar-refractivity contribution in [1.29, 1.82) is 0 Å². The van der Waals surface area contributed by atoms with Crippen molar-refractivity contribution in [2.75, 3.05) is 23.6 Å². The molecule has 114 valence electrons. The highest BCUT2D eigenvalue weighted by molar-refractivity contribution is 7.92. The van der Waals surface area contributed by atoms with Crippen LogP contribution in [0.2, 0.25) is 0 Å². The Morgan fingerprint density at radius 2 is 2.29 bits per heavy atom. The van der Waals surface area contributed by atoms with Crippen LogP contribution in [0.15, 0.2) is 18.2 Å². The summed E-state index contributed by atoms with van der Waals surface area (Å²) >= 11 is 0. The minimum Gasteiger partial charge on any atom is -0.377 e. The first-order valence-electron chi connectivity index (χ1n) is 6.61. The predicted octanol–water partition coefficient (Wildman–Crippen LogP) is 1.06. The molecule has 7 heteroatoms. The highest BCUT2D eigenvalue weighted by Gasteiger charge is 2.23. The zero-order valence-electron chi connectivity index (χ0n) is 11.4. The number of nitrogens with one attached hydrogen (secondary N) is 1. The number of rotatable bonds is 4. The quantitative estimate of drug-likeness (QED) is 0.815. The molecule has 1 aliphatic heterocycles. The molecular weight excluding hydrogens is 295 g/mol. The maximum atomic E-state index is 13.5. The standard InChI is InChI=1S/C14H17FN2O3S/c15-14-6-5-12(9-11(14)3-1-7-16)17-21(18,19)10-13-4-2-8-20-13/h5-6,9,13,17H,2,4,7-8,10,16H2. The van der Waals surface area contributed by atoms with Gasteiger partial charge in [0.25, 0.3) is 0 Å². The fraction of sp³-hybridized carbons (Fsp3) is 0.429. The molecule has 0 aliphatic carbocycles. The summed E-state index contributed by atoms with van der Waals surface area (Å²) < 4.78 is 45.3. The fourth-order valence-corrected chi connectivity index (χ4v) is 3.39. The lowest BCUT2D eigenvalue weighted by Gasteiger charge is -2.12. The molecule has 0 bridgehead atoms. The Kier molecular flexibility index (Phi) is 5.17. The Morgan fingerprint density at radius 1 is 1.48 bits per heavy atom. The summed E-state index contributed by atoms with van der Waals surface area (Å²) in [6, 6.07) is 3.88. The van der Waals surface area contributed by atoms with Crippen LogP contribution in [0.3, 0.4) is 0 Å². The lowest BCUT2D eigenvalue weighted by Crippen LogP contribution is -2.25. The van der Waals surface area contributed by atoms with Gasteiger partial charge in [-0.15, -0.1) is 0 Å². The molecule has 1 aliphatic rings. The molecule has 0 amide bonds. The van der Waals surface area contributed by atoms with Crippen molar-refractivity contribution in [3.8, 4) is 11.8 Å². The van der Waals surface area contributed by atoms with Gasteiger partial charge in [-0.1, -0.05) is 11.8 Å². The van der Waals surface area contributed by atoms with Gasteiger partial charge in [0.15, 0.2) is 0 Å². The number of ether oxygens (including phenoxy) is 1. The van der Waals surface area contributed by atoms with Crippen molar-refractivity contribution in [2.45, 2.75) is 18.9 Å². The number of anilines is 1. The number of hydrogen-bond donors (Lipinski definition) is 2. The molecule has 1 saturated heterocycles. The average Bonchev–Trinajstić information content (AvgIpc) is 2.91. The molecule has 21 heavy (non-hydrogen) atoms. The molecule has 1 heterocycles. The first kappa shape index (κ1) is 15.8. The number of hydrogen-bond acceptors (Lipinski definition) is 4. The van der Waals surface area contributed by atoms with Crippen LogP contribution in [0.5, 0.6) is 0 Å². The number of sulfonamides is 1. The SMILES string of the molecule is NCC#Cc1cc(NS(=O)(=O)CC2CCCO2)ccc1F. The zero-order valence-corrected chi connectivity index (χ0v) is 12.2. The van der Waals surface area contributed by atoms with E-state index < -0.39 is 15.8 Å². The lowest BCUT2D eigenvalue weighted by atomic mass is 10.2.